The van der Waals surface area contributed by atoms with Gasteiger partial charge in [0.15, 0.2) is 0 Å². The minimum atomic E-state index is 0.931. The van der Waals surface area contributed by atoms with E-state index in [4.69, 9.17) is 0 Å². The number of thioether (sulfide) groups is 1. The fourth-order valence-corrected chi connectivity index (χ4v) is 1.70. The van der Waals surface area contributed by atoms with Crippen LogP contribution in [0.4, 0.5) is 5.82 Å². The van der Waals surface area contributed by atoms with Gasteiger partial charge in [0.05, 0.1) is 0 Å². The molecule has 0 aliphatic carbocycles. The Kier molecular flexibility index (Phi) is 5.37. The van der Waals surface area contributed by atoms with Crippen molar-refractivity contribution >= 4 is 17.6 Å². The van der Waals surface area contributed by atoms with E-state index in [0.717, 1.165) is 29.6 Å². The standard InChI is InChI=1S/C10H17N3S/c1-3-5-11-9-7-10(13-8-12-9)14-6-4-2/h7-8H,3-6H2,1-2H3,(H,11,12,13). The molecule has 4 heteroatoms. The number of rotatable bonds is 6. The van der Waals surface area contributed by atoms with Crippen molar-refractivity contribution in [2.45, 2.75) is 31.7 Å². The van der Waals surface area contributed by atoms with E-state index in [1.807, 2.05) is 6.07 Å². The second-order valence-electron chi connectivity index (χ2n) is 3.02. The Morgan fingerprint density at radius 1 is 1.29 bits per heavy atom. The summed E-state index contributed by atoms with van der Waals surface area (Å²) in [5, 5.41) is 4.30. The third-order valence-corrected chi connectivity index (χ3v) is 2.78. The highest BCUT2D eigenvalue weighted by Gasteiger charge is 1.97. The Morgan fingerprint density at radius 3 is 2.86 bits per heavy atom. The zero-order chi connectivity index (χ0) is 10.2. The third kappa shape index (κ3) is 3.96. The minimum Gasteiger partial charge on any atom is -0.370 e. The monoisotopic (exact) mass is 211 g/mol. The Morgan fingerprint density at radius 2 is 2.14 bits per heavy atom. The molecular formula is C10H17N3S. The van der Waals surface area contributed by atoms with Gasteiger partial charge >= 0.3 is 0 Å². The average molecular weight is 211 g/mol. The highest BCUT2D eigenvalue weighted by Crippen LogP contribution is 2.17. The van der Waals surface area contributed by atoms with Crippen LogP contribution in [0, 0.1) is 0 Å². The predicted octanol–water partition coefficient (Wildman–Crippen LogP) is 2.80. The maximum absolute atomic E-state index is 4.20. The molecule has 1 heterocycles. The van der Waals surface area contributed by atoms with E-state index in [1.54, 1.807) is 18.1 Å². The first-order valence-corrected chi connectivity index (χ1v) is 6.04. The zero-order valence-corrected chi connectivity index (χ0v) is 9.60. The van der Waals surface area contributed by atoms with Crippen LogP contribution >= 0.6 is 11.8 Å². The SMILES string of the molecule is CCCNc1cc(SCCC)ncn1. The van der Waals surface area contributed by atoms with Crippen molar-refractivity contribution in [1.82, 2.24) is 9.97 Å². The lowest BCUT2D eigenvalue weighted by molar-refractivity contribution is 0.952. The number of nitrogens with one attached hydrogen (secondary N) is 1. The molecule has 78 valence electrons. The summed E-state index contributed by atoms with van der Waals surface area (Å²) in [5.41, 5.74) is 0. The lowest BCUT2D eigenvalue weighted by atomic mass is 10.4. The molecule has 1 N–H and O–H groups in total. The summed E-state index contributed by atoms with van der Waals surface area (Å²) in [4.78, 5) is 8.35. The lowest BCUT2D eigenvalue weighted by Gasteiger charge is -2.04. The molecule has 0 radical (unpaired) electrons. The highest BCUT2D eigenvalue weighted by molar-refractivity contribution is 7.99. The third-order valence-electron chi connectivity index (χ3n) is 1.65. The Balaban J connectivity index is 2.50. The first kappa shape index (κ1) is 11.3. The summed E-state index contributed by atoms with van der Waals surface area (Å²) in [5.74, 6) is 2.05. The van der Waals surface area contributed by atoms with Crippen LogP contribution in [0.25, 0.3) is 0 Å². The van der Waals surface area contributed by atoms with Crippen LogP contribution < -0.4 is 5.32 Å². The molecule has 1 aromatic heterocycles. The van der Waals surface area contributed by atoms with Crippen LogP contribution in [0.5, 0.6) is 0 Å². The van der Waals surface area contributed by atoms with Gasteiger partial charge in [-0.1, -0.05) is 13.8 Å². The van der Waals surface area contributed by atoms with Gasteiger partial charge < -0.3 is 5.32 Å². The molecule has 0 aliphatic heterocycles. The van der Waals surface area contributed by atoms with Crippen molar-refractivity contribution in [3.63, 3.8) is 0 Å². The van der Waals surface area contributed by atoms with Gasteiger partial charge in [-0.15, -0.1) is 11.8 Å². The molecule has 3 nitrogen and oxygen atoms in total. The second-order valence-corrected chi connectivity index (χ2v) is 4.13. The number of anilines is 1. The van der Waals surface area contributed by atoms with E-state index in [-0.39, 0.29) is 0 Å². The van der Waals surface area contributed by atoms with Crippen molar-refractivity contribution in [2.24, 2.45) is 0 Å². The fraction of sp³-hybridized carbons (Fsp3) is 0.600. The van der Waals surface area contributed by atoms with Gasteiger partial charge in [0.1, 0.15) is 17.2 Å². The molecule has 14 heavy (non-hydrogen) atoms. The van der Waals surface area contributed by atoms with E-state index in [0.29, 0.717) is 0 Å². The van der Waals surface area contributed by atoms with Crippen molar-refractivity contribution in [3.05, 3.63) is 12.4 Å². The van der Waals surface area contributed by atoms with Crippen molar-refractivity contribution in [2.75, 3.05) is 17.6 Å². The number of nitrogens with zero attached hydrogens (tertiary/aromatic N) is 2. The van der Waals surface area contributed by atoms with Gasteiger partial charge in [-0.3, -0.25) is 0 Å². The molecule has 0 bridgehead atoms. The van der Waals surface area contributed by atoms with Crippen molar-refractivity contribution in [1.29, 1.82) is 0 Å². The summed E-state index contributed by atoms with van der Waals surface area (Å²) >= 11 is 1.78. The molecule has 0 aliphatic rings. The summed E-state index contributed by atoms with van der Waals surface area (Å²) in [6.07, 6.45) is 3.91. The molecule has 0 unspecified atom stereocenters. The fourth-order valence-electron chi connectivity index (χ4n) is 0.975. The zero-order valence-electron chi connectivity index (χ0n) is 8.79. The van der Waals surface area contributed by atoms with Gasteiger partial charge in [0.2, 0.25) is 0 Å². The second kappa shape index (κ2) is 6.65. The summed E-state index contributed by atoms with van der Waals surface area (Å²) in [6, 6.07) is 2.01. The quantitative estimate of drug-likeness (QED) is 0.580. The van der Waals surface area contributed by atoms with Crippen LogP contribution in [-0.2, 0) is 0 Å². The van der Waals surface area contributed by atoms with Crippen LogP contribution in [0.15, 0.2) is 17.4 Å². The molecule has 0 atom stereocenters. The van der Waals surface area contributed by atoms with E-state index < -0.39 is 0 Å². The first-order chi connectivity index (χ1) is 6.86. The molecule has 0 fully saturated rings. The molecule has 0 spiro atoms. The molecule has 0 amide bonds. The number of aromatic nitrogens is 2. The first-order valence-electron chi connectivity index (χ1n) is 5.05. The number of hydrogen-bond acceptors (Lipinski definition) is 4. The normalized spacial score (nSPS) is 10.1. The van der Waals surface area contributed by atoms with Crippen molar-refractivity contribution in [3.8, 4) is 0 Å². The van der Waals surface area contributed by atoms with E-state index in [2.05, 4.69) is 29.1 Å². The molecule has 1 rings (SSSR count). The van der Waals surface area contributed by atoms with Gasteiger partial charge in [0, 0.05) is 12.6 Å². The van der Waals surface area contributed by atoms with E-state index >= 15 is 0 Å². The smallest absolute Gasteiger partial charge is 0.130 e. The Bertz CT molecular complexity index is 242. The van der Waals surface area contributed by atoms with E-state index in [1.165, 1.54) is 6.42 Å². The number of hydrogen-bond donors (Lipinski definition) is 1. The van der Waals surface area contributed by atoms with Gasteiger partial charge in [0.25, 0.3) is 0 Å². The predicted molar refractivity (Wildman–Crippen MR) is 61.8 cm³/mol. The van der Waals surface area contributed by atoms with Gasteiger partial charge in [-0.05, 0) is 18.6 Å². The molecule has 0 saturated carbocycles. The molecule has 1 aromatic rings. The van der Waals surface area contributed by atoms with Crippen LogP contribution in [0.3, 0.4) is 0 Å². The van der Waals surface area contributed by atoms with E-state index in [9.17, 15) is 0 Å². The lowest BCUT2D eigenvalue weighted by Crippen LogP contribution is -2.02. The topological polar surface area (TPSA) is 37.8 Å². The van der Waals surface area contributed by atoms with Gasteiger partial charge in [-0.25, -0.2) is 9.97 Å². The summed E-state index contributed by atoms with van der Waals surface area (Å²) < 4.78 is 0. The Labute approximate surface area is 89.7 Å². The minimum absolute atomic E-state index is 0.931. The largest absolute Gasteiger partial charge is 0.370 e. The molecular weight excluding hydrogens is 194 g/mol. The van der Waals surface area contributed by atoms with Crippen molar-refractivity contribution < 1.29 is 0 Å². The van der Waals surface area contributed by atoms with Gasteiger partial charge in [-0.2, -0.15) is 0 Å². The molecule has 0 saturated heterocycles. The van der Waals surface area contributed by atoms with Crippen LogP contribution in [0.1, 0.15) is 26.7 Å². The summed E-state index contributed by atoms with van der Waals surface area (Å²) in [6.45, 7) is 5.28. The summed E-state index contributed by atoms with van der Waals surface area (Å²) in [7, 11) is 0. The maximum atomic E-state index is 4.20. The molecule has 0 aromatic carbocycles. The van der Waals surface area contributed by atoms with Crippen LogP contribution in [0.2, 0.25) is 0 Å². The maximum Gasteiger partial charge on any atom is 0.130 e. The van der Waals surface area contributed by atoms with Crippen LogP contribution in [-0.4, -0.2) is 22.3 Å². The Hall–Kier alpha value is -0.770. The average Bonchev–Trinajstić information content (AvgIpc) is 2.24. The highest BCUT2D eigenvalue weighted by atomic mass is 32.2.